The molecule has 2 aromatic carbocycles. The van der Waals surface area contributed by atoms with Crippen LogP contribution in [0.15, 0.2) is 42.6 Å². The Bertz CT molecular complexity index is 1240. The molecule has 1 atom stereocenters. The maximum Gasteiger partial charge on any atom is 0.419 e. The molecular weight excluding hydrogens is 453 g/mol. The van der Waals surface area contributed by atoms with Crippen LogP contribution in [0.3, 0.4) is 0 Å². The van der Waals surface area contributed by atoms with E-state index >= 15 is 0 Å². The van der Waals surface area contributed by atoms with Crippen LogP contribution in [-0.2, 0) is 20.7 Å². The van der Waals surface area contributed by atoms with Crippen LogP contribution in [0.5, 0.6) is 0 Å². The first-order chi connectivity index (χ1) is 15.9. The van der Waals surface area contributed by atoms with Gasteiger partial charge in [-0.05, 0) is 32.4 Å². The third kappa shape index (κ3) is 5.38. The Kier molecular flexibility index (Phi) is 6.99. The first-order valence-corrected chi connectivity index (χ1v) is 10.3. The van der Waals surface area contributed by atoms with Gasteiger partial charge in [-0.25, -0.2) is 22.8 Å². The molecule has 3 rings (SSSR count). The van der Waals surface area contributed by atoms with E-state index in [1.165, 1.54) is 10.8 Å². The molecule has 1 heterocycles. The largest absolute Gasteiger partial charge is 0.467 e. The normalized spacial score (nSPS) is 12.3. The van der Waals surface area contributed by atoms with Gasteiger partial charge < -0.3 is 14.8 Å². The van der Waals surface area contributed by atoms with E-state index in [0.717, 1.165) is 7.11 Å². The second-order valence-corrected chi connectivity index (χ2v) is 8.52. The van der Waals surface area contributed by atoms with Crippen LogP contribution >= 0.6 is 0 Å². The van der Waals surface area contributed by atoms with E-state index < -0.39 is 52.6 Å². The number of hydrogen-bond acceptors (Lipinski definition) is 5. The third-order valence-corrected chi connectivity index (χ3v) is 4.83. The van der Waals surface area contributed by atoms with Crippen LogP contribution in [-0.4, -0.2) is 41.3 Å². The van der Waals surface area contributed by atoms with Crippen molar-refractivity contribution in [3.8, 4) is 0 Å². The van der Waals surface area contributed by atoms with E-state index in [1.807, 2.05) is 0 Å². The fourth-order valence-electron chi connectivity index (χ4n) is 3.42. The minimum atomic E-state index is -1.42. The number of esters is 1. The van der Waals surface area contributed by atoms with Crippen LogP contribution in [0, 0.1) is 17.5 Å². The second kappa shape index (κ2) is 9.58. The molecule has 34 heavy (non-hydrogen) atoms. The summed E-state index contributed by atoms with van der Waals surface area (Å²) in [5, 5.41) is 2.83. The van der Waals surface area contributed by atoms with Gasteiger partial charge in [-0.3, -0.25) is 9.36 Å². The lowest BCUT2D eigenvalue weighted by molar-refractivity contribution is -0.142. The topological polar surface area (TPSA) is 86.6 Å². The van der Waals surface area contributed by atoms with E-state index in [4.69, 9.17) is 9.47 Å². The molecule has 0 aliphatic carbocycles. The molecule has 10 heteroatoms. The van der Waals surface area contributed by atoms with Crippen LogP contribution < -0.4 is 5.32 Å². The van der Waals surface area contributed by atoms with Gasteiger partial charge >= 0.3 is 12.1 Å². The summed E-state index contributed by atoms with van der Waals surface area (Å²) in [5.74, 6) is -6.17. The van der Waals surface area contributed by atoms with Gasteiger partial charge in [0.2, 0.25) is 0 Å². The van der Waals surface area contributed by atoms with Gasteiger partial charge in [-0.15, -0.1) is 0 Å². The van der Waals surface area contributed by atoms with Gasteiger partial charge in [0, 0.05) is 30.1 Å². The summed E-state index contributed by atoms with van der Waals surface area (Å²) in [5.41, 5.74) is -0.824. The lowest BCUT2D eigenvalue weighted by Gasteiger charge is -2.19. The predicted octanol–water partition coefficient (Wildman–Crippen LogP) is 4.36. The summed E-state index contributed by atoms with van der Waals surface area (Å²) in [4.78, 5) is 37.6. The fraction of sp³-hybridized carbons (Fsp3) is 0.292. The van der Waals surface area contributed by atoms with Crippen LogP contribution in [0.2, 0.25) is 0 Å². The molecule has 7 nitrogen and oxygen atoms in total. The van der Waals surface area contributed by atoms with Crippen molar-refractivity contribution in [1.82, 2.24) is 9.88 Å². The quantitative estimate of drug-likeness (QED) is 0.553. The molecule has 0 aliphatic rings. The van der Waals surface area contributed by atoms with E-state index in [-0.39, 0.29) is 6.42 Å². The summed E-state index contributed by atoms with van der Waals surface area (Å²) < 4.78 is 52.7. The lowest BCUT2D eigenvalue weighted by atomic mass is 10.0. The Labute approximate surface area is 193 Å². The molecule has 0 unspecified atom stereocenters. The molecule has 1 N–H and O–H groups in total. The molecule has 0 saturated carbocycles. The number of aromatic nitrogens is 1. The second-order valence-electron chi connectivity index (χ2n) is 8.52. The van der Waals surface area contributed by atoms with Crippen LogP contribution in [0.1, 0.15) is 36.7 Å². The molecule has 0 spiro atoms. The zero-order valence-corrected chi connectivity index (χ0v) is 18.9. The molecule has 3 aromatic rings. The smallest absolute Gasteiger partial charge is 0.419 e. The van der Waals surface area contributed by atoms with Crippen molar-refractivity contribution < 1.29 is 37.0 Å². The summed E-state index contributed by atoms with van der Waals surface area (Å²) in [7, 11) is 1.09. The summed E-state index contributed by atoms with van der Waals surface area (Å²) in [6, 6.07) is 6.18. The van der Waals surface area contributed by atoms with Crippen molar-refractivity contribution in [2.45, 2.75) is 38.8 Å². The molecule has 0 fully saturated rings. The molecule has 0 radical (unpaired) electrons. The number of carbonyl (C=O) groups is 3. The Morgan fingerprint density at radius 1 is 1.06 bits per heavy atom. The Morgan fingerprint density at radius 2 is 1.68 bits per heavy atom. The summed E-state index contributed by atoms with van der Waals surface area (Å²) in [6.07, 6.45) is 0.642. The van der Waals surface area contributed by atoms with Gasteiger partial charge in [0.25, 0.3) is 5.91 Å². The SMILES string of the molecule is COC(=O)[C@H](Cc1cn(C(=O)OC(C)(C)C)c2ccccc12)NC(=O)c1c(F)cc(F)cc1F. The summed E-state index contributed by atoms with van der Waals surface area (Å²) in [6.45, 7) is 5.15. The van der Waals surface area contributed by atoms with Crippen molar-refractivity contribution in [3.05, 3.63) is 71.2 Å². The minimum Gasteiger partial charge on any atom is -0.467 e. The molecular formula is C24H23F3N2O5. The maximum atomic E-state index is 14.0. The number of halogens is 3. The monoisotopic (exact) mass is 476 g/mol. The Balaban J connectivity index is 1.96. The number of methoxy groups -OCH3 is 1. The molecule has 0 aliphatic heterocycles. The van der Waals surface area contributed by atoms with Crippen LogP contribution in [0.25, 0.3) is 10.9 Å². The molecule has 1 aromatic heterocycles. The highest BCUT2D eigenvalue weighted by Crippen LogP contribution is 2.24. The molecule has 0 saturated heterocycles. The maximum absolute atomic E-state index is 14.0. The standard InChI is InChI=1S/C24H23F3N2O5/c1-24(2,3)34-23(32)29-12-13(15-7-5-6-8-19(15)29)9-18(22(31)33-4)28-21(30)20-16(26)10-14(25)11-17(20)27/h5-8,10-12,18H,9H2,1-4H3,(H,28,30)/t18-/m0/s1. The number of nitrogens with one attached hydrogen (secondary N) is 1. The highest BCUT2D eigenvalue weighted by atomic mass is 19.1. The van der Waals surface area contributed by atoms with Crippen molar-refractivity contribution >= 4 is 28.9 Å². The lowest BCUT2D eigenvalue weighted by Crippen LogP contribution is -2.43. The van der Waals surface area contributed by atoms with Crippen molar-refractivity contribution in [3.63, 3.8) is 0 Å². The average Bonchev–Trinajstić information content (AvgIpc) is 3.09. The van der Waals surface area contributed by atoms with Gasteiger partial charge in [0.15, 0.2) is 0 Å². The number of benzene rings is 2. The van der Waals surface area contributed by atoms with Gasteiger partial charge in [-0.2, -0.15) is 0 Å². The van der Waals surface area contributed by atoms with E-state index in [1.54, 1.807) is 45.0 Å². The van der Waals surface area contributed by atoms with Crippen molar-refractivity contribution in [2.24, 2.45) is 0 Å². The molecule has 0 bridgehead atoms. The predicted molar refractivity (Wildman–Crippen MR) is 117 cm³/mol. The van der Waals surface area contributed by atoms with Crippen molar-refractivity contribution in [2.75, 3.05) is 7.11 Å². The zero-order chi connectivity index (χ0) is 25.2. The Hall–Kier alpha value is -3.82. The third-order valence-electron chi connectivity index (χ3n) is 4.83. The average molecular weight is 476 g/mol. The number of amides is 1. The number of nitrogens with zero attached hydrogens (tertiary/aromatic N) is 1. The first kappa shape index (κ1) is 24.8. The van der Waals surface area contributed by atoms with Gasteiger partial charge in [0.05, 0.1) is 12.6 Å². The first-order valence-electron chi connectivity index (χ1n) is 10.3. The minimum absolute atomic E-state index is 0.168. The number of hydrogen-bond donors (Lipinski definition) is 1. The number of para-hydroxylation sites is 1. The number of fused-ring (bicyclic) bond motifs is 1. The Morgan fingerprint density at radius 3 is 2.26 bits per heavy atom. The van der Waals surface area contributed by atoms with E-state index in [2.05, 4.69) is 5.32 Å². The highest BCUT2D eigenvalue weighted by Gasteiger charge is 2.28. The van der Waals surface area contributed by atoms with Crippen molar-refractivity contribution in [1.29, 1.82) is 0 Å². The van der Waals surface area contributed by atoms with E-state index in [0.29, 0.717) is 28.6 Å². The zero-order valence-electron chi connectivity index (χ0n) is 18.9. The number of rotatable bonds is 5. The molecule has 180 valence electrons. The fourth-order valence-corrected chi connectivity index (χ4v) is 3.42. The number of ether oxygens (including phenoxy) is 2. The highest BCUT2D eigenvalue weighted by molar-refractivity contribution is 5.98. The number of carbonyl (C=O) groups excluding carboxylic acids is 3. The summed E-state index contributed by atoms with van der Waals surface area (Å²) >= 11 is 0. The van der Waals surface area contributed by atoms with Crippen LogP contribution in [0.4, 0.5) is 18.0 Å². The van der Waals surface area contributed by atoms with Gasteiger partial charge in [-0.1, -0.05) is 18.2 Å². The van der Waals surface area contributed by atoms with Gasteiger partial charge in [0.1, 0.15) is 34.7 Å². The van der Waals surface area contributed by atoms with E-state index in [9.17, 15) is 27.6 Å². The molecule has 1 amide bonds.